The second-order valence-electron chi connectivity index (χ2n) is 8.22. The Hall–Kier alpha value is -2.90. The van der Waals surface area contributed by atoms with Crippen LogP contribution in [0.4, 0.5) is 0 Å². The second-order valence-corrected chi connectivity index (χ2v) is 10.0. The monoisotopic (exact) mass is 452 g/mol. The van der Waals surface area contributed by atoms with Gasteiger partial charge in [0.1, 0.15) is 0 Å². The van der Waals surface area contributed by atoms with E-state index in [-0.39, 0.29) is 22.8 Å². The van der Waals surface area contributed by atoms with Crippen LogP contribution in [0.3, 0.4) is 0 Å². The van der Waals surface area contributed by atoms with E-state index in [1.165, 1.54) is 11.1 Å². The van der Waals surface area contributed by atoms with E-state index in [0.717, 1.165) is 23.9 Å². The van der Waals surface area contributed by atoms with Crippen LogP contribution < -0.4 is 0 Å². The summed E-state index contributed by atoms with van der Waals surface area (Å²) < 4.78 is 33.9. The SMILES string of the molecule is CC[C@H]1CN(C)[C@H](c2cc3ccccc3n2S(=O)(=O)c2ccccc2)C/C1=C\C(=O)OC. The van der Waals surface area contributed by atoms with Crippen LogP contribution in [-0.4, -0.2) is 44.0 Å². The highest BCUT2D eigenvalue weighted by Crippen LogP contribution is 2.40. The van der Waals surface area contributed by atoms with Crippen LogP contribution in [0.5, 0.6) is 0 Å². The Morgan fingerprint density at radius 2 is 1.81 bits per heavy atom. The Kier molecular flexibility index (Phi) is 6.22. The summed E-state index contributed by atoms with van der Waals surface area (Å²) in [7, 11) is -0.426. The molecule has 0 amide bonds. The van der Waals surface area contributed by atoms with Gasteiger partial charge in [-0.1, -0.05) is 48.9 Å². The Labute approximate surface area is 189 Å². The van der Waals surface area contributed by atoms with Gasteiger partial charge in [-0.15, -0.1) is 0 Å². The molecule has 0 saturated carbocycles. The third-order valence-electron chi connectivity index (χ3n) is 6.31. The third-order valence-corrected chi connectivity index (χ3v) is 8.06. The van der Waals surface area contributed by atoms with Crippen LogP contribution in [0.15, 0.2) is 77.2 Å². The molecule has 0 aliphatic carbocycles. The van der Waals surface area contributed by atoms with E-state index in [2.05, 4.69) is 11.8 Å². The van der Waals surface area contributed by atoms with E-state index >= 15 is 0 Å². The maximum atomic E-state index is 13.8. The van der Waals surface area contributed by atoms with Gasteiger partial charge in [-0.25, -0.2) is 17.2 Å². The maximum absolute atomic E-state index is 13.8. The summed E-state index contributed by atoms with van der Waals surface area (Å²) in [6.45, 7) is 2.83. The molecular formula is C25H28N2O4S. The van der Waals surface area contributed by atoms with Gasteiger partial charge >= 0.3 is 5.97 Å². The molecule has 1 aliphatic rings. The smallest absolute Gasteiger partial charge is 0.330 e. The van der Waals surface area contributed by atoms with Crippen molar-refractivity contribution in [1.82, 2.24) is 8.87 Å². The number of nitrogens with zero attached hydrogens (tertiary/aromatic N) is 2. The van der Waals surface area contributed by atoms with Gasteiger partial charge in [-0.3, -0.25) is 4.90 Å². The average Bonchev–Trinajstić information content (AvgIpc) is 3.20. The van der Waals surface area contributed by atoms with E-state index < -0.39 is 10.0 Å². The molecule has 2 heterocycles. The summed E-state index contributed by atoms with van der Waals surface area (Å²) in [5.41, 5.74) is 2.34. The highest BCUT2D eigenvalue weighted by molar-refractivity contribution is 7.90. The number of rotatable bonds is 5. The van der Waals surface area contributed by atoms with Crippen molar-refractivity contribution < 1.29 is 17.9 Å². The maximum Gasteiger partial charge on any atom is 0.330 e. The number of benzene rings is 2. The molecule has 1 fully saturated rings. The van der Waals surface area contributed by atoms with Gasteiger partial charge in [0.2, 0.25) is 0 Å². The Morgan fingerprint density at radius 1 is 1.12 bits per heavy atom. The number of ether oxygens (including phenoxy) is 1. The standard InChI is InChI=1S/C25H28N2O4S/c1-4-18-17-26(2)23(15-20(18)16-25(28)31-3)24-14-19-10-8-9-13-22(19)27(24)32(29,30)21-11-6-5-7-12-21/h5-14,16,18,23H,4,15,17H2,1-3H3/b20-16+/t18-,23-/m0/s1. The van der Waals surface area contributed by atoms with Crippen LogP contribution in [0.2, 0.25) is 0 Å². The first-order chi connectivity index (χ1) is 15.4. The summed E-state index contributed by atoms with van der Waals surface area (Å²) in [6.07, 6.45) is 3.03. The molecule has 1 saturated heterocycles. The van der Waals surface area contributed by atoms with E-state index in [1.807, 2.05) is 37.4 Å². The molecule has 0 unspecified atom stereocenters. The molecule has 0 N–H and O–H groups in total. The molecule has 1 aromatic heterocycles. The van der Waals surface area contributed by atoms with Crippen LogP contribution in [0.25, 0.3) is 10.9 Å². The number of fused-ring (bicyclic) bond motifs is 1. The minimum Gasteiger partial charge on any atom is -0.466 e. The number of methoxy groups -OCH3 is 1. The quantitative estimate of drug-likeness (QED) is 0.424. The summed E-state index contributed by atoms with van der Waals surface area (Å²) in [6, 6.07) is 17.8. The van der Waals surface area contributed by atoms with Crippen LogP contribution >= 0.6 is 0 Å². The van der Waals surface area contributed by atoms with Gasteiger partial charge in [0.15, 0.2) is 0 Å². The molecule has 7 heteroatoms. The number of likely N-dealkylation sites (tertiary alicyclic amines) is 1. The fourth-order valence-corrected chi connectivity index (χ4v) is 6.18. The zero-order chi connectivity index (χ0) is 22.9. The highest BCUT2D eigenvalue weighted by Gasteiger charge is 2.35. The van der Waals surface area contributed by atoms with Gasteiger partial charge in [0.05, 0.1) is 29.3 Å². The number of hydrogen-bond acceptors (Lipinski definition) is 5. The normalized spacial score (nSPS) is 21.2. The first-order valence-electron chi connectivity index (χ1n) is 10.8. The van der Waals surface area contributed by atoms with E-state index in [4.69, 9.17) is 4.74 Å². The molecule has 0 spiro atoms. The molecule has 0 radical (unpaired) electrons. The van der Waals surface area contributed by atoms with Crippen molar-refractivity contribution in [3.05, 3.63) is 78.0 Å². The number of para-hydroxylation sites is 1. The van der Waals surface area contributed by atoms with Crippen molar-refractivity contribution >= 4 is 26.9 Å². The van der Waals surface area contributed by atoms with Gasteiger partial charge in [-0.2, -0.15) is 0 Å². The largest absolute Gasteiger partial charge is 0.466 e. The number of aromatic nitrogens is 1. The van der Waals surface area contributed by atoms with Gasteiger partial charge < -0.3 is 4.74 Å². The molecule has 3 aromatic rings. The lowest BCUT2D eigenvalue weighted by atomic mass is 9.84. The van der Waals surface area contributed by atoms with Crippen molar-refractivity contribution in [2.24, 2.45) is 5.92 Å². The first kappa shape index (κ1) is 22.3. The number of carbonyl (C=O) groups excluding carboxylic acids is 1. The Morgan fingerprint density at radius 3 is 2.50 bits per heavy atom. The summed E-state index contributed by atoms with van der Waals surface area (Å²) in [5.74, 6) is -0.155. The van der Waals surface area contributed by atoms with Crippen LogP contribution in [0.1, 0.15) is 31.5 Å². The van der Waals surface area contributed by atoms with Crippen molar-refractivity contribution in [2.75, 3.05) is 20.7 Å². The van der Waals surface area contributed by atoms with E-state index in [9.17, 15) is 13.2 Å². The number of carbonyl (C=O) groups is 1. The van der Waals surface area contributed by atoms with Crippen molar-refractivity contribution in [3.63, 3.8) is 0 Å². The molecule has 6 nitrogen and oxygen atoms in total. The van der Waals surface area contributed by atoms with E-state index in [0.29, 0.717) is 17.6 Å². The molecule has 4 rings (SSSR count). The summed E-state index contributed by atoms with van der Waals surface area (Å²) in [4.78, 5) is 14.4. The van der Waals surface area contributed by atoms with Crippen molar-refractivity contribution in [3.8, 4) is 0 Å². The lowest BCUT2D eigenvalue weighted by Gasteiger charge is -2.39. The molecular weight excluding hydrogens is 424 g/mol. The summed E-state index contributed by atoms with van der Waals surface area (Å²) >= 11 is 0. The predicted octanol–water partition coefficient (Wildman–Crippen LogP) is 4.38. The fourth-order valence-electron chi connectivity index (χ4n) is 4.60. The minimum absolute atomic E-state index is 0.195. The average molecular weight is 453 g/mol. The first-order valence-corrected chi connectivity index (χ1v) is 12.2. The number of hydrogen-bond donors (Lipinski definition) is 0. The predicted molar refractivity (Wildman–Crippen MR) is 125 cm³/mol. The molecule has 0 bridgehead atoms. The van der Waals surface area contributed by atoms with E-state index in [1.54, 1.807) is 36.4 Å². The topological polar surface area (TPSA) is 68.6 Å². The van der Waals surface area contributed by atoms with Crippen LogP contribution in [-0.2, 0) is 19.6 Å². The highest BCUT2D eigenvalue weighted by atomic mass is 32.2. The Balaban J connectivity index is 1.89. The number of piperidine rings is 1. The second kappa shape index (κ2) is 8.92. The minimum atomic E-state index is -3.81. The molecule has 1 aliphatic heterocycles. The van der Waals surface area contributed by atoms with Gasteiger partial charge in [0.25, 0.3) is 10.0 Å². The van der Waals surface area contributed by atoms with Crippen molar-refractivity contribution in [2.45, 2.75) is 30.7 Å². The van der Waals surface area contributed by atoms with Crippen LogP contribution in [0, 0.1) is 5.92 Å². The van der Waals surface area contributed by atoms with Gasteiger partial charge in [0, 0.05) is 18.0 Å². The molecule has 2 aromatic carbocycles. The Bertz CT molecular complexity index is 1260. The zero-order valence-corrected chi connectivity index (χ0v) is 19.4. The number of esters is 1. The zero-order valence-electron chi connectivity index (χ0n) is 18.6. The lowest BCUT2D eigenvalue weighted by molar-refractivity contribution is -0.135. The molecule has 2 atom stereocenters. The van der Waals surface area contributed by atoms with Crippen molar-refractivity contribution in [1.29, 1.82) is 0 Å². The lowest BCUT2D eigenvalue weighted by Crippen LogP contribution is -2.38. The fraction of sp³-hybridized carbons (Fsp3) is 0.320. The van der Waals surface area contributed by atoms with Gasteiger partial charge in [-0.05, 0) is 50.1 Å². The molecule has 168 valence electrons. The summed E-state index contributed by atoms with van der Waals surface area (Å²) in [5, 5.41) is 0.867. The third kappa shape index (κ3) is 3.98. The molecule has 32 heavy (non-hydrogen) atoms.